The van der Waals surface area contributed by atoms with Crippen molar-refractivity contribution in [2.24, 2.45) is 10.4 Å². The number of aldehydes is 1. The molecule has 0 bridgehead atoms. The lowest BCUT2D eigenvalue weighted by molar-refractivity contribution is -0.137. The SMILES string of the molecule is COc1ccc(NC2=C3SCC(C(=O)O)N=C3CC(C)(C)C2)c(C=O)c1. The molecule has 0 radical (unpaired) electrons. The highest BCUT2D eigenvalue weighted by Crippen LogP contribution is 2.43. The molecule has 1 aromatic rings. The summed E-state index contributed by atoms with van der Waals surface area (Å²) in [6.07, 6.45) is 2.34. The molecule has 1 aliphatic heterocycles. The first-order valence-corrected chi connectivity index (χ1v) is 9.37. The number of hydrogen-bond donors (Lipinski definition) is 2. The molecule has 0 amide bonds. The zero-order valence-corrected chi connectivity index (χ0v) is 15.9. The van der Waals surface area contributed by atoms with E-state index in [1.54, 1.807) is 19.2 Å². The first kappa shape index (κ1) is 18.5. The van der Waals surface area contributed by atoms with Gasteiger partial charge in [-0.25, -0.2) is 4.79 Å². The summed E-state index contributed by atoms with van der Waals surface area (Å²) in [5, 5.41) is 12.7. The maximum Gasteiger partial charge on any atom is 0.329 e. The average molecular weight is 374 g/mol. The molecule has 138 valence electrons. The molecule has 0 aromatic heterocycles. The predicted molar refractivity (Wildman–Crippen MR) is 103 cm³/mol. The topological polar surface area (TPSA) is 88.0 Å². The summed E-state index contributed by atoms with van der Waals surface area (Å²) in [5.74, 6) is 0.154. The van der Waals surface area contributed by atoms with Crippen LogP contribution in [0, 0.1) is 5.41 Å². The Hall–Kier alpha value is -2.28. The first-order valence-electron chi connectivity index (χ1n) is 8.39. The van der Waals surface area contributed by atoms with Crippen molar-refractivity contribution in [2.45, 2.75) is 32.7 Å². The van der Waals surface area contributed by atoms with E-state index in [0.717, 1.165) is 35.4 Å². The highest BCUT2D eigenvalue weighted by Gasteiger charge is 2.36. The van der Waals surface area contributed by atoms with Gasteiger partial charge < -0.3 is 15.2 Å². The maximum absolute atomic E-state index is 11.5. The van der Waals surface area contributed by atoms with Gasteiger partial charge in [-0.1, -0.05) is 13.8 Å². The van der Waals surface area contributed by atoms with Crippen LogP contribution < -0.4 is 10.1 Å². The largest absolute Gasteiger partial charge is 0.497 e. The van der Waals surface area contributed by atoms with E-state index in [9.17, 15) is 14.7 Å². The molecule has 7 heteroatoms. The number of aliphatic carboxylic acids is 1. The maximum atomic E-state index is 11.5. The van der Waals surface area contributed by atoms with Gasteiger partial charge in [0, 0.05) is 27.6 Å². The Balaban J connectivity index is 1.99. The second-order valence-corrected chi connectivity index (χ2v) is 8.29. The fourth-order valence-corrected chi connectivity index (χ4v) is 4.39. The van der Waals surface area contributed by atoms with Gasteiger partial charge in [0.1, 0.15) is 5.75 Å². The van der Waals surface area contributed by atoms with Crippen molar-refractivity contribution in [3.05, 3.63) is 34.4 Å². The van der Waals surface area contributed by atoms with Crippen molar-refractivity contribution in [1.29, 1.82) is 0 Å². The van der Waals surface area contributed by atoms with Gasteiger partial charge in [0.25, 0.3) is 0 Å². The highest BCUT2D eigenvalue weighted by molar-refractivity contribution is 8.04. The van der Waals surface area contributed by atoms with Crippen molar-refractivity contribution in [2.75, 3.05) is 18.2 Å². The molecule has 2 N–H and O–H groups in total. The molecular weight excluding hydrogens is 352 g/mol. The van der Waals surface area contributed by atoms with Crippen LogP contribution in [0.1, 0.15) is 37.0 Å². The van der Waals surface area contributed by atoms with Crippen LogP contribution >= 0.6 is 11.8 Å². The van der Waals surface area contributed by atoms with Gasteiger partial charge in [-0.2, -0.15) is 0 Å². The molecule has 1 aromatic carbocycles. The number of aliphatic imine (C=N–C) groups is 1. The number of thioether (sulfide) groups is 1. The number of hydrogen-bond acceptors (Lipinski definition) is 6. The van der Waals surface area contributed by atoms with Crippen molar-refractivity contribution in [3.8, 4) is 5.75 Å². The molecular formula is C19H22N2O4S. The second kappa shape index (κ2) is 7.15. The lowest BCUT2D eigenvalue weighted by Gasteiger charge is -2.36. The van der Waals surface area contributed by atoms with E-state index in [4.69, 9.17) is 4.74 Å². The molecule has 3 rings (SSSR count). The number of allylic oxidation sites excluding steroid dienone is 2. The molecule has 0 fully saturated rings. The number of benzene rings is 1. The summed E-state index contributed by atoms with van der Waals surface area (Å²) in [4.78, 5) is 28.2. The monoisotopic (exact) mass is 374 g/mol. The molecule has 1 aliphatic carbocycles. The van der Waals surface area contributed by atoms with Crippen LogP contribution in [0.2, 0.25) is 0 Å². The van der Waals surface area contributed by atoms with Crippen LogP contribution in [0.3, 0.4) is 0 Å². The Morgan fingerprint density at radius 3 is 2.85 bits per heavy atom. The van der Waals surface area contributed by atoms with E-state index in [0.29, 0.717) is 22.8 Å². The minimum absolute atomic E-state index is 0.0422. The molecule has 1 unspecified atom stereocenters. The van der Waals surface area contributed by atoms with Gasteiger partial charge in [-0.05, 0) is 36.5 Å². The van der Waals surface area contributed by atoms with E-state index < -0.39 is 12.0 Å². The summed E-state index contributed by atoms with van der Waals surface area (Å²) >= 11 is 1.53. The minimum Gasteiger partial charge on any atom is -0.497 e. The number of rotatable bonds is 5. The van der Waals surface area contributed by atoms with Gasteiger partial charge in [0.2, 0.25) is 0 Å². The lowest BCUT2D eigenvalue weighted by Crippen LogP contribution is -2.34. The quantitative estimate of drug-likeness (QED) is 0.766. The fourth-order valence-electron chi connectivity index (χ4n) is 3.26. The van der Waals surface area contributed by atoms with Crippen LogP contribution in [-0.4, -0.2) is 42.0 Å². The van der Waals surface area contributed by atoms with E-state index in [1.807, 2.05) is 6.07 Å². The summed E-state index contributed by atoms with van der Waals surface area (Å²) < 4.78 is 5.18. The Bertz CT molecular complexity index is 814. The van der Waals surface area contributed by atoms with E-state index in [1.165, 1.54) is 11.8 Å². The number of methoxy groups -OCH3 is 1. The minimum atomic E-state index is -0.889. The van der Waals surface area contributed by atoms with Crippen molar-refractivity contribution >= 4 is 35.4 Å². The zero-order chi connectivity index (χ0) is 18.9. The molecule has 0 saturated heterocycles. The van der Waals surface area contributed by atoms with E-state index in [2.05, 4.69) is 24.2 Å². The van der Waals surface area contributed by atoms with Gasteiger partial charge >= 0.3 is 5.97 Å². The number of carbonyl (C=O) groups excluding carboxylic acids is 1. The third-order valence-corrected chi connectivity index (χ3v) is 5.74. The number of carboxylic acids is 1. The van der Waals surface area contributed by atoms with Crippen LogP contribution in [0.15, 0.2) is 33.8 Å². The van der Waals surface area contributed by atoms with Crippen molar-refractivity contribution in [1.82, 2.24) is 0 Å². The number of carboxylic acid groups (broad SMARTS) is 1. The zero-order valence-electron chi connectivity index (χ0n) is 15.0. The normalized spacial score (nSPS) is 21.5. The molecule has 0 saturated carbocycles. The summed E-state index contributed by atoms with van der Waals surface area (Å²) in [6.45, 7) is 4.27. The number of nitrogens with zero attached hydrogens (tertiary/aromatic N) is 1. The standard InChI is InChI=1S/C19H22N2O4S/c1-19(2)7-14(17-15(8-19)21-16(10-26-17)18(23)24)20-13-5-4-12(25-3)6-11(13)9-22/h4-6,9,16,20H,7-8,10H2,1-3H3,(H,23,24). The third kappa shape index (κ3) is 3.77. The number of fused-ring (bicyclic) bond motifs is 1. The number of ether oxygens (including phenoxy) is 1. The molecule has 6 nitrogen and oxygen atoms in total. The Morgan fingerprint density at radius 1 is 1.42 bits per heavy atom. The van der Waals surface area contributed by atoms with Crippen LogP contribution in [0.25, 0.3) is 0 Å². The second-order valence-electron chi connectivity index (χ2n) is 7.26. The van der Waals surface area contributed by atoms with Crippen LogP contribution in [0.4, 0.5) is 5.69 Å². The predicted octanol–water partition coefficient (Wildman–Crippen LogP) is 3.59. The molecule has 1 atom stereocenters. The highest BCUT2D eigenvalue weighted by atomic mass is 32.2. The van der Waals surface area contributed by atoms with Crippen molar-refractivity contribution < 1.29 is 19.4 Å². The first-order chi connectivity index (χ1) is 12.3. The van der Waals surface area contributed by atoms with Crippen LogP contribution in [-0.2, 0) is 4.79 Å². The Labute approximate surface area is 156 Å². The third-order valence-electron chi connectivity index (χ3n) is 4.49. The average Bonchev–Trinajstić information content (AvgIpc) is 2.60. The fraction of sp³-hybridized carbons (Fsp3) is 0.421. The van der Waals surface area contributed by atoms with Gasteiger partial charge in [-0.3, -0.25) is 9.79 Å². The molecule has 0 spiro atoms. The molecule has 1 heterocycles. The van der Waals surface area contributed by atoms with Crippen LogP contribution in [0.5, 0.6) is 5.75 Å². The summed E-state index contributed by atoms with van der Waals surface area (Å²) in [5.41, 5.74) is 3.01. The van der Waals surface area contributed by atoms with E-state index in [-0.39, 0.29) is 5.41 Å². The van der Waals surface area contributed by atoms with Gasteiger partial charge in [-0.15, -0.1) is 11.8 Å². The number of nitrogens with one attached hydrogen (secondary N) is 1. The smallest absolute Gasteiger partial charge is 0.329 e. The molecule has 26 heavy (non-hydrogen) atoms. The summed E-state index contributed by atoms with van der Waals surface area (Å²) in [7, 11) is 1.56. The van der Waals surface area contributed by atoms with Gasteiger partial charge in [0.05, 0.1) is 12.8 Å². The summed E-state index contributed by atoms with van der Waals surface area (Å²) in [6, 6.07) is 4.62. The lowest BCUT2D eigenvalue weighted by atomic mass is 9.78. The van der Waals surface area contributed by atoms with Gasteiger partial charge in [0.15, 0.2) is 12.3 Å². The number of anilines is 1. The Morgan fingerprint density at radius 2 is 2.19 bits per heavy atom. The van der Waals surface area contributed by atoms with E-state index >= 15 is 0 Å². The number of carbonyl (C=O) groups is 2. The Kier molecular flexibility index (Phi) is 5.09. The molecule has 2 aliphatic rings. The van der Waals surface area contributed by atoms with Crippen molar-refractivity contribution in [3.63, 3.8) is 0 Å².